The highest BCUT2D eigenvalue weighted by Gasteiger charge is 2.17. The molecular weight excluding hydrogens is 320 g/mol. The summed E-state index contributed by atoms with van der Waals surface area (Å²) in [5.74, 6) is -0.792. The number of nitrogens with zero attached hydrogens (tertiary/aromatic N) is 1. The van der Waals surface area contributed by atoms with Crippen LogP contribution < -0.4 is 5.32 Å². The van der Waals surface area contributed by atoms with E-state index in [1.54, 1.807) is 24.3 Å². The summed E-state index contributed by atoms with van der Waals surface area (Å²) in [6.07, 6.45) is 0.0470. The van der Waals surface area contributed by atoms with E-state index in [1.807, 2.05) is 26.0 Å². The van der Waals surface area contributed by atoms with Gasteiger partial charge in [0.25, 0.3) is 0 Å². The molecule has 3 rings (SSSR count). The molecule has 0 saturated heterocycles. The summed E-state index contributed by atoms with van der Waals surface area (Å²) >= 11 is 0. The molecule has 25 heavy (non-hydrogen) atoms. The van der Waals surface area contributed by atoms with Crippen LogP contribution in [0.2, 0.25) is 0 Å². The van der Waals surface area contributed by atoms with Crippen molar-refractivity contribution in [2.24, 2.45) is 0 Å². The molecule has 0 saturated carbocycles. The molecule has 1 aromatic heterocycles. The number of carbonyl (C=O) groups excluding carboxylic acids is 2. The van der Waals surface area contributed by atoms with Gasteiger partial charge in [-0.1, -0.05) is 23.4 Å². The predicted molar refractivity (Wildman–Crippen MR) is 93.6 cm³/mol. The molecule has 0 bridgehead atoms. The summed E-state index contributed by atoms with van der Waals surface area (Å²) in [4.78, 5) is 24.2. The second kappa shape index (κ2) is 6.76. The number of hydrogen-bond acceptors (Lipinski definition) is 5. The van der Waals surface area contributed by atoms with E-state index in [-0.39, 0.29) is 12.3 Å². The number of benzene rings is 2. The van der Waals surface area contributed by atoms with Crippen molar-refractivity contribution in [2.45, 2.75) is 20.3 Å². The minimum atomic E-state index is -0.506. The number of ether oxygens (including phenoxy) is 1. The van der Waals surface area contributed by atoms with Crippen LogP contribution in [0.5, 0.6) is 0 Å². The van der Waals surface area contributed by atoms with Crippen molar-refractivity contribution in [1.82, 2.24) is 5.16 Å². The summed E-state index contributed by atoms with van der Waals surface area (Å²) in [5, 5.41) is 7.59. The zero-order valence-electron chi connectivity index (χ0n) is 14.3. The molecule has 1 amide bonds. The first kappa shape index (κ1) is 16.7. The number of anilines is 1. The summed E-state index contributed by atoms with van der Waals surface area (Å²) < 4.78 is 10.1. The normalized spacial score (nSPS) is 10.7. The molecule has 0 atom stereocenters. The number of carbonyl (C=O) groups is 2. The van der Waals surface area contributed by atoms with Gasteiger partial charge >= 0.3 is 5.97 Å². The van der Waals surface area contributed by atoms with Gasteiger partial charge in [0.2, 0.25) is 5.91 Å². The van der Waals surface area contributed by atoms with E-state index in [9.17, 15) is 9.59 Å². The largest absolute Gasteiger partial charge is 0.465 e. The fraction of sp³-hybridized carbons (Fsp3) is 0.211. The quantitative estimate of drug-likeness (QED) is 0.737. The van der Waals surface area contributed by atoms with E-state index in [0.29, 0.717) is 22.5 Å². The highest BCUT2D eigenvalue weighted by molar-refractivity contribution is 6.02. The van der Waals surface area contributed by atoms with Crippen LogP contribution in [-0.4, -0.2) is 24.1 Å². The van der Waals surface area contributed by atoms with E-state index in [2.05, 4.69) is 10.5 Å². The third-order valence-electron chi connectivity index (χ3n) is 3.91. The number of esters is 1. The van der Waals surface area contributed by atoms with Gasteiger partial charge in [0.15, 0.2) is 5.58 Å². The minimum absolute atomic E-state index is 0.0470. The van der Waals surface area contributed by atoms with Crippen molar-refractivity contribution in [1.29, 1.82) is 0 Å². The second-order valence-corrected chi connectivity index (χ2v) is 5.85. The molecule has 128 valence electrons. The van der Waals surface area contributed by atoms with Gasteiger partial charge < -0.3 is 14.6 Å². The van der Waals surface area contributed by atoms with Gasteiger partial charge in [0.05, 0.1) is 24.8 Å². The Bertz CT molecular complexity index is 959. The van der Waals surface area contributed by atoms with Crippen LogP contribution >= 0.6 is 0 Å². The van der Waals surface area contributed by atoms with Gasteiger partial charge in [-0.15, -0.1) is 0 Å². The highest BCUT2D eigenvalue weighted by atomic mass is 16.5. The molecule has 6 nitrogen and oxygen atoms in total. The molecule has 3 aromatic rings. The zero-order chi connectivity index (χ0) is 18.0. The Morgan fingerprint density at radius 3 is 2.72 bits per heavy atom. The number of hydrogen-bond donors (Lipinski definition) is 1. The number of rotatable bonds is 4. The summed E-state index contributed by atoms with van der Waals surface area (Å²) in [6.45, 7) is 3.92. The number of methoxy groups -OCH3 is 1. The van der Waals surface area contributed by atoms with Crippen LogP contribution in [0, 0.1) is 13.8 Å². The highest BCUT2D eigenvalue weighted by Crippen LogP contribution is 2.24. The lowest BCUT2D eigenvalue weighted by Gasteiger charge is -2.09. The Labute approximate surface area is 144 Å². The van der Waals surface area contributed by atoms with Crippen LogP contribution in [0.25, 0.3) is 11.0 Å². The molecule has 6 heteroatoms. The maximum absolute atomic E-state index is 12.4. The number of aryl methyl sites for hydroxylation is 2. The first-order chi connectivity index (χ1) is 12.0. The molecule has 1 N–H and O–H groups in total. The monoisotopic (exact) mass is 338 g/mol. The number of nitrogens with one attached hydrogen (secondary N) is 1. The van der Waals surface area contributed by atoms with Gasteiger partial charge in [0.1, 0.15) is 5.69 Å². The maximum Gasteiger partial charge on any atom is 0.339 e. The van der Waals surface area contributed by atoms with Crippen molar-refractivity contribution in [3.8, 4) is 0 Å². The molecule has 0 radical (unpaired) electrons. The minimum Gasteiger partial charge on any atom is -0.465 e. The van der Waals surface area contributed by atoms with Crippen LogP contribution in [-0.2, 0) is 16.0 Å². The van der Waals surface area contributed by atoms with Crippen LogP contribution in [0.1, 0.15) is 27.2 Å². The lowest BCUT2D eigenvalue weighted by Crippen LogP contribution is -2.17. The Morgan fingerprint density at radius 1 is 1.20 bits per heavy atom. The average Bonchev–Trinajstić information content (AvgIpc) is 2.97. The van der Waals surface area contributed by atoms with Crippen molar-refractivity contribution in [3.63, 3.8) is 0 Å². The van der Waals surface area contributed by atoms with E-state index >= 15 is 0 Å². The Morgan fingerprint density at radius 2 is 1.96 bits per heavy atom. The predicted octanol–water partition coefficient (Wildman–Crippen LogP) is 3.41. The third kappa shape index (κ3) is 3.38. The van der Waals surface area contributed by atoms with E-state index in [0.717, 1.165) is 16.5 Å². The van der Waals surface area contributed by atoms with Crippen LogP contribution in [0.15, 0.2) is 40.9 Å². The molecule has 0 unspecified atom stereocenters. The average molecular weight is 338 g/mol. The fourth-order valence-corrected chi connectivity index (χ4v) is 2.79. The number of para-hydroxylation sites is 1. The lowest BCUT2D eigenvalue weighted by atomic mass is 10.1. The molecule has 0 spiro atoms. The molecule has 1 heterocycles. The van der Waals surface area contributed by atoms with Crippen molar-refractivity contribution in [3.05, 3.63) is 58.8 Å². The van der Waals surface area contributed by atoms with Gasteiger partial charge in [-0.3, -0.25) is 4.79 Å². The Hall–Kier alpha value is -3.15. The first-order valence-electron chi connectivity index (χ1n) is 7.82. The van der Waals surface area contributed by atoms with Crippen molar-refractivity contribution in [2.75, 3.05) is 12.4 Å². The second-order valence-electron chi connectivity index (χ2n) is 5.85. The van der Waals surface area contributed by atoms with Gasteiger partial charge in [-0.25, -0.2) is 4.79 Å². The molecule has 0 aliphatic heterocycles. The topological polar surface area (TPSA) is 81.4 Å². The van der Waals surface area contributed by atoms with Crippen LogP contribution in [0.3, 0.4) is 0 Å². The van der Waals surface area contributed by atoms with Crippen molar-refractivity contribution >= 4 is 28.5 Å². The lowest BCUT2D eigenvalue weighted by molar-refractivity contribution is -0.115. The first-order valence-corrected chi connectivity index (χ1v) is 7.82. The number of aromatic nitrogens is 1. The summed E-state index contributed by atoms with van der Waals surface area (Å²) in [6, 6.07) is 10.6. The SMILES string of the molecule is COC(=O)c1ccccc1NC(=O)Cc1noc2c(C)cc(C)cc12. The third-order valence-corrected chi connectivity index (χ3v) is 3.91. The van der Waals surface area contributed by atoms with E-state index < -0.39 is 5.97 Å². The van der Waals surface area contributed by atoms with Gasteiger partial charge in [-0.2, -0.15) is 0 Å². The Balaban J connectivity index is 1.84. The van der Waals surface area contributed by atoms with Crippen LogP contribution in [0.4, 0.5) is 5.69 Å². The number of fused-ring (bicyclic) bond motifs is 1. The molecule has 2 aromatic carbocycles. The van der Waals surface area contributed by atoms with Gasteiger partial charge in [0, 0.05) is 5.39 Å². The summed E-state index contributed by atoms with van der Waals surface area (Å²) in [5.41, 5.74) is 4.00. The maximum atomic E-state index is 12.4. The Kier molecular flexibility index (Phi) is 4.52. The van der Waals surface area contributed by atoms with E-state index in [4.69, 9.17) is 9.26 Å². The van der Waals surface area contributed by atoms with Gasteiger partial charge in [-0.05, 0) is 43.2 Å². The standard InChI is InChI=1S/C19H18N2O4/c1-11-8-12(2)18-14(9-11)16(21-25-18)10-17(22)20-15-7-5-4-6-13(15)19(23)24-3/h4-9H,10H2,1-3H3,(H,20,22). The zero-order valence-corrected chi connectivity index (χ0v) is 14.3. The molecule has 0 aliphatic rings. The molecular formula is C19H18N2O4. The summed E-state index contributed by atoms with van der Waals surface area (Å²) in [7, 11) is 1.30. The molecule has 0 aliphatic carbocycles. The van der Waals surface area contributed by atoms with E-state index in [1.165, 1.54) is 7.11 Å². The fourth-order valence-electron chi connectivity index (χ4n) is 2.79. The molecule has 0 fully saturated rings. The van der Waals surface area contributed by atoms with Crippen molar-refractivity contribution < 1.29 is 18.8 Å². The number of amides is 1. The smallest absolute Gasteiger partial charge is 0.339 e.